The topological polar surface area (TPSA) is 64.0 Å². The first-order valence-electron chi connectivity index (χ1n) is 6.44. The van der Waals surface area contributed by atoms with Crippen LogP contribution in [-0.2, 0) is 16.9 Å². The van der Waals surface area contributed by atoms with E-state index in [2.05, 4.69) is 10.4 Å². The highest BCUT2D eigenvalue weighted by Gasteiger charge is 2.17. The van der Waals surface area contributed by atoms with E-state index in [9.17, 15) is 8.42 Å². The third-order valence-corrected chi connectivity index (χ3v) is 4.33. The van der Waals surface area contributed by atoms with Crippen LogP contribution in [0.2, 0.25) is 0 Å². The Morgan fingerprint density at radius 2 is 1.90 bits per heavy atom. The zero-order valence-corrected chi connectivity index (χ0v) is 12.7. The highest BCUT2D eigenvalue weighted by molar-refractivity contribution is 7.90. The molecule has 2 aromatic rings. The van der Waals surface area contributed by atoms with Crippen molar-refractivity contribution in [2.75, 3.05) is 12.8 Å². The third-order valence-electron chi connectivity index (χ3n) is 3.20. The lowest BCUT2D eigenvalue weighted by Gasteiger charge is -2.19. The minimum Gasteiger partial charge on any atom is -0.305 e. The maximum Gasteiger partial charge on any atom is 0.175 e. The van der Waals surface area contributed by atoms with Crippen LogP contribution in [0.25, 0.3) is 0 Å². The molecule has 1 atom stereocenters. The first-order chi connectivity index (χ1) is 9.43. The van der Waals surface area contributed by atoms with Gasteiger partial charge in [-0.1, -0.05) is 19.1 Å². The van der Waals surface area contributed by atoms with Gasteiger partial charge in [0.15, 0.2) is 9.84 Å². The molecule has 0 saturated carbocycles. The zero-order chi connectivity index (χ0) is 14.8. The van der Waals surface area contributed by atoms with E-state index in [0.29, 0.717) is 4.90 Å². The second-order valence-corrected chi connectivity index (χ2v) is 6.73. The monoisotopic (exact) mass is 293 g/mol. The Kier molecular flexibility index (Phi) is 4.25. The molecule has 1 aromatic carbocycles. The molecular weight excluding hydrogens is 274 g/mol. The summed E-state index contributed by atoms with van der Waals surface area (Å²) >= 11 is 0. The van der Waals surface area contributed by atoms with Crippen molar-refractivity contribution in [1.82, 2.24) is 15.1 Å². The normalized spacial score (nSPS) is 13.3. The molecule has 0 fully saturated rings. The zero-order valence-electron chi connectivity index (χ0n) is 11.9. The van der Waals surface area contributed by atoms with Gasteiger partial charge in [0.1, 0.15) is 0 Å². The first kappa shape index (κ1) is 14.7. The summed E-state index contributed by atoms with van der Waals surface area (Å²) in [7, 11) is -1.26. The minimum absolute atomic E-state index is 0.00103. The highest BCUT2D eigenvalue weighted by atomic mass is 32.2. The van der Waals surface area contributed by atoms with E-state index in [1.54, 1.807) is 18.3 Å². The maximum atomic E-state index is 11.5. The Balaban J connectivity index is 2.38. The van der Waals surface area contributed by atoms with Crippen LogP contribution in [-0.4, -0.2) is 31.0 Å². The van der Waals surface area contributed by atoms with Gasteiger partial charge >= 0.3 is 0 Å². The number of nitrogens with zero attached hydrogens (tertiary/aromatic N) is 2. The Bertz CT molecular complexity index is 675. The fraction of sp³-hybridized carbons (Fsp3) is 0.357. The predicted molar refractivity (Wildman–Crippen MR) is 78.3 cm³/mol. The van der Waals surface area contributed by atoms with Gasteiger partial charge in [-0.2, -0.15) is 5.10 Å². The lowest BCUT2D eigenvalue weighted by molar-refractivity contribution is 0.572. The van der Waals surface area contributed by atoms with Crippen molar-refractivity contribution in [1.29, 1.82) is 0 Å². The van der Waals surface area contributed by atoms with Crippen molar-refractivity contribution < 1.29 is 8.42 Å². The fourth-order valence-electron chi connectivity index (χ4n) is 2.17. The van der Waals surface area contributed by atoms with E-state index >= 15 is 0 Å². The third kappa shape index (κ3) is 3.08. The average molecular weight is 293 g/mol. The molecule has 0 radical (unpaired) electrons. The summed E-state index contributed by atoms with van der Waals surface area (Å²) in [6.07, 6.45) is 2.97. The highest BCUT2D eigenvalue weighted by Crippen LogP contribution is 2.22. The van der Waals surface area contributed by atoms with Gasteiger partial charge in [-0.25, -0.2) is 8.42 Å². The van der Waals surface area contributed by atoms with E-state index in [-0.39, 0.29) is 6.04 Å². The number of rotatable bonds is 5. The molecule has 0 aliphatic heterocycles. The van der Waals surface area contributed by atoms with E-state index in [4.69, 9.17) is 0 Å². The molecule has 0 aliphatic carbocycles. The molecule has 2 rings (SSSR count). The summed E-state index contributed by atoms with van der Waals surface area (Å²) in [4.78, 5) is 0.335. The van der Waals surface area contributed by atoms with Gasteiger partial charge in [-0.15, -0.1) is 0 Å². The summed E-state index contributed by atoms with van der Waals surface area (Å²) < 4.78 is 24.8. The molecule has 0 spiro atoms. The molecule has 108 valence electrons. The predicted octanol–water partition coefficient (Wildman–Crippen LogP) is 1.52. The molecule has 1 unspecified atom stereocenters. The van der Waals surface area contributed by atoms with Crippen molar-refractivity contribution in [2.24, 2.45) is 7.05 Å². The fourth-order valence-corrected chi connectivity index (χ4v) is 2.80. The summed E-state index contributed by atoms with van der Waals surface area (Å²) in [5.41, 5.74) is 2.06. The standard InChI is InChI=1S/C14H19N3O2S/c1-4-15-14(13-9-10-16-17(13)2)11-5-7-12(8-6-11)20(3,18)19/h5-10,14-15H,4H2,1-3H3. The van der Waals surface area contributed by atoms with Crippen LogP contribution in [0.15, 0.2) is 41.4 Å². The number of aryl methyl sites for hydroxylation is 1. The van der Waals surface area contributed by atoms with Gasteiger partial charge in [0.05, 0.1) is 16.6 Å². The van der Waals surface area contributed by atoms with E-state index in [1.807, 2.05) is 36.9 Å². The van der Waals surface area contributed by atoms with Crippen LogP contribution in [0, 0.1) is 0 Å². The quantitative estimate of drug-likeness (QED) is 0.908. The van der Waals surface area contributed by atoms with Gasteiger partial charge < -0.3 is 5.32 Å². The molecule has 0 amide bonds. The molecule has 0 saturated heterocycles. The summed E-state index contributed by atoms with van der Waals surface area (Å²) in [5.74, 6) is 0. The summed E-state index contributed by atoms with van der Waals surface area (Å²) in [6, 6.07) is 8.93. The van der Waals surface area contributed by atoms with Crippen molar-refractivity contribution in [3.63, 3.8) is 0 Å². The second kappa shape index (κ2) is 5.76. The Morgan fingerprint density at radius 1 is 1.25 bits per heavy atom. The molecule has 0 bridgehead atoms. The number of sulfone groups is 1. The van der Waals surface area contributed by atoms with Gasteiger partial charge in [0.25, 0.3) is 0 Å². The summed E-state index contributed by atoms with van der Waals surface area (Å²) in [6.45, 7) is 2.85. The second-order valence-electron chi connectivity index (χ2n) is 4.71. The van der Waals surface area contributed by atoms with Crippen LogP contribution in [0.4, 0.5) is 0 Å². The first-order valence-corrected chi connectivity index (χ1v) is 8.34. The number of hydrogen-bond donors (Lipinski definition) is 1. The van der Waals surface area contributed by atoms with Crippen LogP contribution in [0.3, 0.4) is 0 Å². The Morgan fingerprint density at radius 3 is 2.35 bits per heavy atom. The lowest BCUT2D eigenvalue weighted by atomic mass is 10.0. The maximum absolute atomic E-state index is 11.5. The Labute approximate surface area is 119 Å². The van der Waals surface area contributed by atoms with E-state index in [0.717, 1.165) is 17.8 Å². The number of nitrogens with one attached hydrogen (secondary N) is 1. The molecule has 6 heteroatoms. The molecule has 0 aliphatic rings. The average Bonchev–Trinajstić information content (AvgIpc) is 2.81. The van der Waals surface area contributed by atoms with Gasteiger partial charge in [0.2, 0.25) is 0 Å². The largest absolute Gasteiger partial charge is 0.305 e. The molecule has 20 heavy (non-hydrogen) atoms. The lowest BCUT2D eigenvalue weighted by Crippen LogP contribution is -2.24. The van der Waals surface area contributed by atoms with Gasteiger partial charge in [0, 0.05) is 19.5 Å². The van der Waals surface area contributed by atoms with Crippen molar-refractivity contribution >= 4 is 9.84 Å². The van der Waals surface area contributed by atoms with Crippen molar-refractivity contribution in [2.45, 2.75) is 17.9 Å². The van der Waals surface area contributed by atoms with Gasteiger partial charge in [-0.3, -0.25) is 4.68 Å². The summed E-state index contributed by atoms with van der Waals surface area (Å²) in [5, 5.41) is 7.57. The molecular formula is C14H19N3O2S. The number of hydrogen-bond acceptors (Lipinski definition) is 4. The van der Waals surface area contributed by atoms with Crippen LogP contribution < -0.4 is 5.32 Å². The molecule has 5 nitrogen and oxygen atoms in total. The number of aromatic nitrogens is 2. The van der Waals surface area contributed by atoms with Crippen LogP contribution in [0.5, 0.6) is 0 Å². The smallest absolute Gasteiger partial charge is 0.175 e. The van der Waals surface area contributed by atoms with Crippen molar-refractivity contribution in [3.05, 3.63) is 47.8 Å². The SMILES string of the molecule is CCNC(c1ccc(S(C)(=O)=O)cc1)c1ccnn1C. The molecule has 1 heterocycles. The van der Waals surface area contributed by atoms with Crippen LogP contribution in [0.1, 0.15) is 24.2 Å². The molecule has 1 aromatic heterocycles. The van der Waals surface area contributed by atoms with Crippen LogP contribution >= 0.6 is 0 Å². The minimum atomic E-state index is -3.16. The number of benzene rings is 1. The van der Waals surface area contributed by atoms with Gasteiger partial charge in [-0.05, 0) is 30.3 Å². The Hall–Kier alpha value is -1.66. The van der Waals surface area contributed by atoms with Crippen molar-refractivity contribution in [3.8, 4) is 0 Å². The van der Waals surface area contributed by atoms with E-state index in [1.165, 1.54) is 6.26 Å². The van der Waals surface area contributed by atoms with E-state index < -0.39 is 9.84 Å². The molecule has 1 N–H and O–H groups in total.